The van der Waals surface area contributed by atoms with Crippen molar-refractivity contribution in [3.05, 3.63) is 63.6 Å². The van der Waals surface area contributed by atoms with E-state index in [0.717, 1.165) is 38.0 Å². The fourth-order valence-electron chi connectivity index (χ4n) is 3.31. The fourth-order valence-corrected chi connectivity index (χ4v) is 3.63. The Labute approximate surface area is 169 Å². The van der Waals surface area contributed by atoms with Gasteiger partial charge in [0.1, 0.15) is 0 Å². The van der Waals surface area contributed by atoms with E-state index < -0.39 is 0 Å². The van der Waals surface area contributed by atoms with Crippen molar-refractivity contribution in [1.29, 1.82) is 0 Å². The van der Waals surface area contributed by atoms with E-state index in [0.29, 0.717) is 21.3 Å². The Balaban J connectivity index is 1.52. The molecular formula is C21H22Cl2N2O2. The summed E-state index contributed by atoms with van der Waals surface area (Å²) in [6, 6.07) is 12.8. The van der Waals surface area contributed by atoms with Crippen molar-refractivity contribution in [3.63, 3.8) is 0 Å². The fraction of sp³-hybridized carbons (Fsp3) is 0.333. The monoisotopic (exact) mass is 404 g/mol. The molecule has 0 unspecified atom stereocenters. The maximum Gasteiger partial charge on any atom is 0.227 e. The summed E-state index contributed by atoms with van der Waals surface area (Å²) in [5.74, 6) is -0.0114. The van der Waals surface area contributed by atoms with Gasteiger partial charge in [0.05, 0.1) is 10.0 Å². The van der Waals surface area contributed by atoms with Crippen LogP contribution in [0.3, 0.4) is 0 Å². The van der Waals surface area contributed by atoms with Crippen LogP contribution < -0.4 is 5.32 Å². The van der Waals surface area contributed by atoms with Crippen LogP contribution in [-0.2, 0) is 11.3 Å². The quantitative estimate of drug-likeness (QED) is 0.709. The molecule has 0 spiro atoms. The van der Waals surface area contributed by atoms with Gasteiger partial charge in [-0.1, -0.05) is 41.4 Å². The number of amides is 1. The number of rotatable bonds is 5. The first kappa shape index (κ1) is 19.9. The van der Waals surface area contributed by atoms with Crippen LogP contribution in [0.15, 0.2) is 42.5 Å². The van der Waals surface area contributed by atoms with E-state index in [9.17, 15) is 9.59 Å². The molecule has 1 amide bonds. The second-order valence-corrected chi connectivity index (χ2v) is 7.74. The highest BCUT2D eigenvalue weighted by Gasteiger charge is 2.25. The SMILES string of the molecule is CC(=O)c1cccc(NC(=O)C2CCN(Cc3ccc(Cl)c(Cl)c3)CC2)c1. The van der Waals surface area contributed by atoms with Crippen LogP contribution in [-0.4, -0.2) is 29.7 Å². The number of anilines is 1. The van der Waals surface area contributed by atoms with Crippen LogP contribution in [0, 0.1) is 5.92 Å². The van der Waals surface area contributed by atoms with E-state index in [1.807, 2.05) is 24.3 Å². The molecule has 1 aliphatic heterocycles. The number of piperidine rings is 1. The van der Waals surface area contributed by atoms with E-state index in [2.05, 4.69) is 10.2 Å². The number of Topliss-reactive ketones (excluding diaryl/α,β-unsaturated/α-hetero) is 1. The Morgan fingerprint density at radius 3 is 2.48 bits per heavy atom. The van der Waals surface area contributed by atoms with E-state index in [4.69, 9.17) is 23.2 Å². The second-order valence-electron chi connectivity index (χ2n) is 6.93. The van der Waals surface area contributed by atoms with Gasteiger partial charge < -0.3 is 5.32 Å². The molecule has 0 atom stereocenters. The zero-order chi connectivity index (χ0) is 19.4. The number of carbonyl (C=O) groups is 2. The van der Waals surface area contributed by atoms with Crippen LogP contribution in [0.1, 0.15) is 35.7 Å². The molecule has 2 aromatic rings. The number of halogens is 2. The molecule has 27 heavy (non-hydrogen) atoms. The average molecular weight is 405 g/mol. The summed E-state index contributed by atoms with van der Waals surface area (Å²) in [4.78, 5) is 26.3. The zero-order valence-corrected chi connectivity index (χ0v) is 16.7. The summed E-state index contributed by atoms with van der Waals surface area (Å²) >= 11 is 12.0. The molecule has 1 saturated heterocycles. The van der Waals surface area contributed by atoms with Gasteiger partial charge in [-0.15, -0.1) is 0 Å². The number of hydrogen-bond donors (Lipinski definition) is 1. The topological polar surface area (TPSA) is 49.4 Å². The average Bonchev–Trinajstić information content (AvgIpc) is 2.65. The number of ketones is 1. The number of likely N-dealkylation sites (tertiary alicyclic amines) is 1. The minimum absolute atomic E-state index is 0.0123. The minimum Gasteiger partial charge on any atom is -0.326 e. The lowest BCUT2D eigenvalue weighted by molar-refractivity contribution is -0.121. The van der Waals surface area contributed by atoms with Gasteiger partial charge in [0.25, 0.3) is 0 Å². The van der Waals surface area contributed by atoms with Gasteiger partial charge in [0.2, 0.25) is 5.91 Å². The normalized spacial score (nSPS) is 15.5. The summed E-state index contributed by atoms with van der Waals surface area (Å²) in [6.45, 7) is 4.02. The van der Waals surface area contributed by atoms with Crippen molar-refractivity contribution in [2.24, 2.45) is 5.92 Å². The third-order valence-electron chi connectivity index (χ3n) is 4.89. The Kier molecular flexibility index (Phi) is 6.53. The van der Waals surface area contributed by atoms with Crippen molar-refractivity contribution in [3.8, 4) is 0 Å². The van der Waals surface area contributed by atoms with Crippen molar-refractivity contribution >= 4 is 40.6 Å². The van der Waals surface area contributed by atoms with Gasteiger partial charge in [-0.05, 0) is 62.7 Å². The van der Waals surface area contributed by atoms with Gasteiger partial charge >= 0.3 is 0 Å². The summed E-state index contributed by atoms with van der Waals surface area (Å²) < 4.78 is 0. The molecule has 1 heterocycles. The first-order valence-corrected chi connectivity index (χ1v) is 9.76. The predicted molar refractivity (Wildman–Crippen MR) is 110 cm³/mol. The molecule has 1 N–H and O–H groups in total. The number of nitrogens with zero attached hydrogens (tertiary/aromatic N) is 1. The minimum atomic E-state index is -0.0176. The molecule has 0 aromatic heterocycles. The van der Waals surface area contributed by atoms with Crippen molar-refractivity contribution in [1.82, 2.24) is 4.90 Å². The Morgan fingerprint density at radius 1 is 1.07 bits per heavy atom. The highest BCUT2D eigenvalue weighted by molar-refractivity contribution is 6.42. The van der Waals surface area contributed by atoms with E-state index in [1.165, 1.54) is 6.92 Å². The maximum atomic E-state index is 12.5. The predicted octanol–water partition coefficient (Wildman–Crippen LogP) is 5.05. The third kappa shape index (κ3) is 5.32. The van der Waals surface area contributed by atoms with Gasteiger partial charge in [0, 0.05) is 23.7 Å². The molecule has 0 aliphatic carbocycles. The Bertz CT molecular complexity index is 846. The largest absolute Gasteiger partial charge is 0.326 e. The van der Waals surface area contributed by atoms with Crippen LogP contribution in [0.2, 0.25) is 10.0 Å². The lowest BCUT2D eigenvalue weighted by Gasteiger charge is -2.31. The van der Waals surface area contributed by atoms with Crippen LogP contribution in [0.25, 0.3) is 0 Å². The van der Waals surface area contributed by atoms with Crippen LogP contribution >= 0.6 is 23.2 Å². The van der Waals surface area contributed by atoms with Crippen molar-refractivity contribution in [2.75, 3.05) is 18.4 Å². The summed E-state index contributed by atoms with van der Waals surface area (Å²) in [5, 5.41) is 4.07. The van der Waals surface area contributed by atoms with Gasteiger partial charge in [-0.25, -0.2) is 0 Å². The molecule has 2 aromatic carbocycles. The van der Waals surface area contributed by atoms with Gasteiger partial charge in [-0.2, -0.15) is 0 Å². The van der Waals surface area contributed by atoms with Gasteiger partial charge in [-0.3, -0.25) is 14.5 Å². The van der Waals surface area contributed by atoms with E-state index >= 15 is 0 Å². The van der Waals surface area contributed by atoms with Crippen molar-refractivity contribution < 1.29 is 9.59 Å². The lowest BCUT2D eigenvalue weighted by atomic mass is 9.95. The van der Waals surface area contributed by atoms with Crippen LogP contribution in [0.5, 0.6) is 0 Å². The molecule has 4 nitrogen and oxygen atoms in total. The molecule has 0 saturated carbocycles. The summed E-state index contributed by atoms with van der Waals surface area (Å²) in [7, 11) is 0. The molecule has 3 rings (SSSR count). The molecule has 0 radical (unpaired) electrons. The third-order valence-corrected chi connectivity index (χ3v) is 5.62. The van der Waals surface area contributed by atoms with Gasteiger partial charge in [0.15, 0.2) is 5.78 Å². The lowest BCUT2D eigenvalue weighted by Crippen LogP contribution is -2.37. The highest BCUT2D eigenvalue weighted by Crippen LogP contribution is 2.25. The number of carbonyl (C=O) groups excluding carboxylic acids is 2. The smallest absolute Gasteiger partial charge is 0.227 e. The second kappa shape index (κ2) is 8.87. The molecule has 0 bridgehead atoms. The molecule has 6 heteroatoms. The highest BCUT2D eigenvalue weighted by atomic mass is 35.5. The first-order chi connectivity index (χ1) is 12.9. The summed E-state index contributed by atoms with van der Waals surface area (Å²) in [5.41, 5.74) is 2.39. The standard InChI is InChI=1S/C21H22Cl2N2O2/c1-14(26)17-3-2-4-18(12-17)24-21(27)16-7-9-25(10-8-16)13-15-5-6-19(22)20(23)11-15/h2-6,11-12,16H,7-10,13H2,1H3,(H,24,27). The van der Waals surface area contributed by atoms with E-state index in [-0.39, 0.29) is 17.6 Å². The number of benzene rings is 2. The first-order valence-electron chi connectivity index (χ1n) is 9.00. The van der Waals surface area contributed by atoms with Crippen LogP contribution in [0.4, 0.5) is 5.69 Å². The maximum absolute atomic E-state index is 12.5. The van der Waals surface area contributed by atoms with E-state index in [1.54, 1.807) is 18.2 Å². The van der Waals surface area contributed by atoms with Crippen molar-refractivity contribution in [2.45, 2.75) is 26.3 Å². The Morgan fingerprint density at radius 2 is 1.81 bits per heavy atom. The Hall–Kier alpha value is -1.88. The molecule has 1 fully saturated rings. The zero-order valence-electron chi connectivity index (χ0n) is 15.2. The molecule has 142 valence electrons. The number of hydrogen-bond acceptors (Lipinski definition) is 3. The molecule has 1 aliphatic rings. The summed E-state index contributed by atoms with van der Waals surface area (Å²) in [6.07, 6.45) is 1.61. The number of nitrogens with one attached hydrogen (secondary N) is 1. The molecular weight excluding hydrogens is 383 g/mol.